The summed E-state index contributed by atoms with van der Waals surface area (Å²) in [5, 5.41) is 11.4. The lowest BCUT2D eigenvalue weighted by molar-refractivity contribution is -0.0631. The molecule has 2 aromatic rings. The van der Waals surface area contributed by atoms with E-state index in [1.54, 1.807) is 4.90 Å². The summed E-state index contributed by atoms with van der Waals surface area (Å²) in [6.07, 6.45) is -0.0558. The maximum absolute atomic E-state index is 13.6. The second kappa shape index (κ2) is 11.7. The van der Waals surface area contributed by atoms with Crippen molar-refractivity contribution in [2.24, 2.45) is 5.41 Å². The van der Waals surface area contributed by atoms with Gasteiger partial charge in [-0.05, 0) is 62.4 Å². The number of amides is 1. The molecule has 1 heterocycles. The number of ether oxygens (including phenoxy) is 3. The fourth-order valence-electron chi connectivity index (χ4n) is 4.70. The van der Waals surface area contributed by atoms with Crippen LogP contribution in [0.5, 0.6) is 11.5 Å². The third-order valence-corrected chi connectivity index (χ3v) is 6.31. The number of carbonyl (C=O) groups excluding carboxylic acids is 1. The fourth-order valence-corrected chi connectivity index (χ4v) is 4.70. The molecule has 1 amide bonds. The van der Waals surface area contributed by atoms with Gasteiger partial charge in [0.25, 0.3) is 0 Å². The van der Waals surface area contributed by atoms with E-state index < -0.39 is 35.5 Å². The summed E-state index contributed by atoms with van der Waals surface area (Å²) < 4.78 is 43.5. The predicted octanol–water partition coefficient (Wildman–Crippen LogP) is 6.31. The van der Waals surface area contributed by atoms with Crippen LogP contribution in [-0.4, -0.2) is 53.6 Å². The second-order valence-corrected chi connectivity index (χ2v) is 11.5. The Balaban J connectivity index is 1.57. The zero-order valence-electron chi connectivity index (χ0n) is 22.6. The average molecular weight is 520 g/mol. The number of nitrogens with zero attached hydrogens (tertiary/aromatic N) is 1. The van der Waals surface area contributed by atoms with E-state index in [4.69, 9.17) is 14.2 Å². The Morgan fingerprint density at radius 2 is 1.65 bits per heavy atom. The van der Waals surface area contributed by atoms with Crippen LogP contribution < -0.4 is 9.47 Å². The van der Waals surface area contributed by atoms with Crippen LogP contribution in [0.1, 0.15) is 65.9 Å². The molecule has 3 rings (SSSR count). The second-order valence-electron chi connectivity index (χ2n) is 11.5. The number of hydrogen-bond acceptors (Lipinski definition) is 5. The van der Waals surface area contributed by atoms with Gasteiger partial charge in [0.2, 0.25) is 5.82 Å². The molecule has 204 valence electrons. The molecule has 37 heavy (non-hydrogen) atoms. The molecule has 0 aromatic heterocycles. The number of likely N-dealkylation sites (tertiary alicyclic amines) is 1. The molecular formula is C29H39F2NO5. The molecule has 1 aliphatic heterocycles. The van der Waals surface area contributed by atoms with Gasteiger partial charge in [-0.25, -0.2) is 9.18 Å². The molecule has 1 fully saturated rings. The third-order valence-electron chi connectivity index (χ3n) is 6.31. The van der Waals surface area contributed by atoms with E-state index in [0.717, 1.165) is 11.6 Å². The third kappa shape index (κ3) is 7.57. The number of piperidine rings is 1. The number of aliphatic hydroxyl groups excluding tert-OH is 1. The van der Waals surface area contributed by atoms with Crippen LogP contribution in [0.2, 0.25) is 0 Å². The van der Waals surface area contributed by atoms with Crippen LogP contribution >= 0.6 is 0 Å². The molecular weight excluding hydrogens is 480 g/mol. The van der Waals surface area contributed by atoms with Gasteiger partial charge < -0.3 is 24.2 Å². The molecule has 0 saturated carbocycles. The van der Waals surface area contributed by atoms with Gasteiger partial charge in [-0.2, -0.15) is 4.39 Å². The molecule has 6 nitrogen and oxygen atoms in total. The summed E-state index contributed by atoms with van der Waals surface area (Å²) in [7, 11) is 0. The molecule has 0 spiro atoms. The summed E-state index contributed by atoms with van der Waals surface area (Å²) in [4.78, 5) is 14.6. The fraction of sp³-hybridized carbons (Fsp3) is 0.552. The first kappa shape index (κ1) is 28.7. The van der Waals surface area contributed by atoms with Gasteiger partial charge >= 0.3 is 6.09 Å². The number of halogens is 2. The first-order valence-electron chi connectivity index (χ1n) is 12.7. The van der Waals surface area contributed by atoms with Crippen LogP contribution in [0.25, 0.3) is 0 Å². The maximum Gasteiger partial charge on any atom is 0.410 e. The monoisotopic (exact) mass is 519 g/mol. The highest BCUT2D eigenvalue weighted by Crippen LogP contribution is 2.40. The zero-order chi connectivity index (χ0) is 27.4. The zero-order valence-corrected chi connectivity index (χ0v) is 22.6. The Kier molecular flexibility index (Phi) is 9.05. The summed E-state index contributed by atoms with van der Waals surface area (Å²) in [5.41, 5.74) is 0.0101. The number of aliphatic hydroxyl groups is 1. The lowest BCUT2D eigenvalue weighted by Gasteiger charge is -2.49. The first-order chi connectivity index (χ1) is 17.3. The van der Waals surface area contributed by atoms with Crippen molar-refractivity contribution in [2.45, 2.75) is 78.0 Å². The van der Waals surface area contributed by atoms with Gasteiger partial charge in [-0.3, -0.25) is 0 Å². The molecule has 1 aliphatic rings. The number of hydrogen-bond donors (Lipinski definition) is 1. The molecule has 3 atom stereocenters. The van der Waals surface area contributed by atoms with E-state index in [9.17, 15) is 18.7 Å². The lowest BCUT2D eigenvalue weighted by atomic mass is 9.73. The highest BCUT2D eigenvalue weighted by atomic mass is 19.2. The Morgan fingerprint density at radius 1 is 1.00 bits per heavy atom. The Labute approximate surface area is 218 Å². The Morgan fingerprint density at radius 3 is 2.27 bits per heavy atom. The molecule has 3 unspecified atom stereocenters. The predicted molar refractivity (Wildman–Crippen MR) is 138 cm³/mol. The van der Waals surface area contributed by atoms with Gasteiger partial charge in [0.05, 0.1) is 25.4 Å². The summed E-state index contributed by atoms with van der Waals surface area (Å²) >= 11 is 0. The van der Waals surface area contributed by atoms with E-state index in [2.05, 4.69) is 0 Å². The largest absolute Gasteiger partial charge is 0.493 e. The van der Waals surface area contributed by atoms with E-state index >= 15 is 0 Å². The number of rotatable bonds is 7. The van der Waals surface area contributed by atoms with Crippen LogP contribution in [0.15, 0.2) is 42.5 Å². The minimum absolute atomic E-state index is 0.116. The SMILES string of the molecule is CC(C)(C)OC(=O)N1CCC(c2ccc(OCCCOc3cccc(F)c3F)cc2)C(O)C1C(C)(C)C. The van der Waals surface area contributed by atoms with Crippen LogP contribution in [0.3, 0.4) is 0 Å². The first-order valence-corrected chi connectivity index (χ1v) is 12.7. The van der Waals surface area contributed by atoms with Crippen molar-refractivity contribution in [2.75, 3.05) is 19.8 Å². The van der Waals surface area contributed by atoms with Gasteiger partial charge in [0, 0.05) is 18.9 Å². The van der Waals surface area contributed by atoms with Gasteiger partial charge in [-0.1, -0.05) is 39.0 Å². The molecule has 8 heteroatoms. The highest BCUT2D eigenvalue weighted by Gasteiger charge is 2.46. The molecule has 2 aromatic carbocycles. The van der Waals surface area contributed by atoms with E-state index in [1.807, 2.05) is 65.8 Å². The lowest BCUT2D eigenvalue weighted by Crippen LogP contribution is -2.59. The van der Waals surface area contributed by atoms with Gasteiger partial charge in [0.1, 0.15) is 11.4 Å². The van der Waals surface area contributed by atoms with Crippen LogP contribution in [-0.2, 0) is 4.74 Å². The van der Waals surface area contributed by atoms with Crippen molar-refractivity contribution in [1.29, 1.82) is 0 Å². The minimum Gasteiger partial charge on any atom is -0.493 e. The molecule has 1 N–H and O–H groups in total. The van der Waals surface area contributed by atoms with Crippen molar-refractivity contribution in [3.8, 4) is 11.5 Å². The Hall–Kier alpha value is -2.87. The maximum atomic E-state index is 13.6. The topological polar surface area (TPSA) is 68.2 Å². The van der Waals surface area contributed by atoms with Crippen molar-refractivity contribution in [3.63, 3.8) is 0 Å². The summed E-state index contributed by atoms with van der Waals surface area (Å²) in [6.45, 7) is 12.6. The van der Waals surface area contributed by atoms with Crippen molar-refractivity contribution < 1.29 is 32.9 Å². The van der Waals surface area contributed by atoms with Crippen molar-refractivity contribution >= 4 is 6.09 Å². The molecule has 0 aliphatic carbocycles. The quantitative estimate of drug-likeness (QED) is 0.434. The standard InChI is InChI=1S/C29H39F2NO5/c1-28(2,3)26-25(33)21(15-16-32(26)27(34)37-29(4,5)6)19-11-13-20(14-12-19)35-17-8-18-36-23-10-7-9-22(30)24(23)31/h7,9-14,21,25-26,33H,8,15-18H2,1-6H3. The normalized spacial score (nSPS) is 20.5. The van der Waals surface area contributed by atoms with Crippen LogP contribution in [0, 0.1) is 17.0 Å². The molecule has 1 saturated heterocycles. The average Bonchev–Trinajstić information content (AvgIpc) is 2.80. The van der Waals surface area contributed by atoms with E-state index in [1.165, 1.54) is 12.1 Å². The summed E-state index contributed by atoms with van der Waals surface area (Å²) in [6, 6.07) is 11.0. The summed E-state index contributed by atoms with van der Waals surface area (Å²) in [5.74, 6) is -1.52. The minimum atomic E-state index is -0.994. The van der Waals surface area contributed by atoms with Crippen LogP contribution in [0.4, 0.5) is 13.6 Å². The van der Waals surface area contributed by atoms with Gasteiger partial charge in [0.15, 0.2) is 11.6 Å². The van der Waals surface area contributed by atoms with Gasteiger partial charge in [-0.15, -0.1) is 0 Å². The highest BCUT2D eigenvalue weighted by molar-refractivity contribution is 5.69. The molecule has 0 bridgehead atoms. The van der Waals surface area contributed by atoms with E-state index in [-0.39, 0.29) is 23.7 Å². The number of carbonyl (C=O) groups is 1. The van der Waals surface area contributed by atoms with Crippen molar-refractivity contribution in [3.05, 3.63) is 59.7 Å². The molecule has 0 radical (unpaired) electrons. The Bertz CT molecular complexity index is 1050. The smallest absolute Gasteiger partial charge is 0.410 e. The number of benzene rings is 2. The van der Waals surface area contributed by atoms with E-state index in [0.29, 0.717) is 31.7 Å². The van der Waals surface area contributed by atoms with Crippen molar-refractivity contribution in [1.82, 2.24) is 4.90 Å².